The first-order valence-corrected chi connectivity index (χ1v) is 6.09. The molecule has 2 nitrogen and oxygen atoms in total. The molecule has 0 radical (unpaired) electrons. The van der Waals surface area contributed by atoms with Crippen LogP contribution in [0.15, 0.2) is 42.5 Å². The minimum absolute atomic E-state index is 0.160. The van der Waals surface area contributed by atoms with Gasteiger partial charge in [-0.25, -0.2) is 4.39 Å². The topological polar surface area (TPSA) is 35.2 Å². The van der Waals surface area contributed by atoms with Gasteiger partial charge in [0.15, 0.2) is 0 Å². The van der Waals surface area contributed by atoms with Gasteiger partial charge < -0.3 is 10.5 Å². The molecule has 1 unspecified atom stereocenters. The van der Waals surface area contributed by atoms with Crippen molar-refractivity contribution < 1.29 is 22.3 Å². The zero-order valence-corrected chi connectivity index (χ0v) is 11.1. The van der Waals surface area contributed by atoms with E-state index in [0.717, 1.165) is 12.1 Å². The number of hydrogen-bond acceptors (Lipinski definition) is 2. The molecule has 112 valence electrons. The molecular formula is C15H13F4NO. The number of benzene rings is 2. The molecule has 2 aromatic rings. The first kappa shape index (κ1) is 15.3. The molecule has 0 saturated carbocycles. The van der Waals surface area contributed by atoms with Crippen molar-refractivity contribution in [3.8, 4) is 5.75 Å². The Balaban J connectivity index is 2.47. The van der Waals surface area contributed by atoms with E-state index in [2.05, 4.69) is 0 Å². The standard InChI is InChI=1S/C15H13F4NO/c1-21-13-5-3-2-4-10(13)14(20)9-6-7-12(16)11(8-9)15(17,18)19/h2-8,14H,20H2,1H3. The van der Waals surface area contributed by atoms with Gasteiger partial charge in [-0.3, -0.25) is 0 Å². The molecule has 2 rings (SSSR count). The Morgan fingerprint density at radius 2 is 1.76 bits per heavy atom. The van der Waals surface area contributed by atoms with Crippen molar-refractivity contribution in [2.75, 3.05) is 7.11 Å². The predicted molar refractivity (Wildman–Crippen MR) is 70.4 cm³/mol. The third kappa shape index (κ3) is 3.16. The number of ether oxygens (including phenoxy) is 1. The maximum atomic E-state index is 13.3. The van der Waals surface area contributed by atoms with E-state index in [1.165, 1.54) is 13.2 Å². The minimum Gasteiger partial charge on any atom is -0.496 e. The summed E-state index contributed by atoms with van der Waals surface area (Å²) < 4.78 is 56.6. The number of hydrogen-bond donors (Lipinski definition) is 1. The Hall–Kier alpha value is -2.08. The van der Waals surface area contributed by atoms with Crippen LogP contribution in [-0.4, -0.2) is 7.11 Å². The summed E-state index contributed by atoms with van der Waals surface area (Å²) in [6, 6.07) is 8.63. The largest absolute Gasteiger partial charge is 0.496 e. The van der Waals surface area contributed by atoms with E-state index in [4.69, 9.17) is 10.5 Å². The van der Waals surface area contributed by atoms with Crippen molar-refractivity contribution >= 4 is 0 Å². The molecule has 2 N–H and O–H groups in total. The van der Waals surface area contributed by atoms with Crippen LogP contribution in [0.3, 0.4) is 0 Å². The highest BCUT2D eigenvalue weighted by atomic mass is 19.4. The zero-order valence-electron chi connectivity index (χ0n) is 11.1. The highest BCUT2D eigenvalue weighted by Crippen LogP contribution is 2.35. The maximum Gasteiger partial charge on any atom is 0.419 e. The number of halogens is 4. The van der Waals surface area contributed by atoms with Crippen molar-refractivity contribution in [3.05, 3.63) is 65.0 Å². The number of nitrogens with two attached hydrogens (primary N) is 1. The van der Waals surface area contributed by atoms with Crippen LogP contribution in [0.1, 0.15) is 22.7 Å². The third-order valence-corrected chi connectivity index (χ3v) is 3.13. The van der Waals surface area contributed by atoms with Gasteiger partial charge in [0, 0.05) is 5.56 Å². The Morgan fingerprint density at radius 3 is 2.38 bits per heavy atom. The minimum atomic E-state index is -4.76. The fourth-order valence-electron chi connectivity index (χ4n) is 2.06. The van der Waals surface area contributed by atoms with E-state index < -0.39 is 23.6 Å². The number of para-hydroxylation sites is 1. The van der Waals surface area contributed by atoms with E-state index in [1.807, 2.05) is 0 Å². The molecule has 1 atom stereocenters. The lowest BCUT2D eigenvalue weighted by atomic mass is 9.97. The summed E-state index contributed by atoms with van der Waals surface area (Å²) >= 11 is 0. The van der Waals surface area contributed by atoms with Gasteiger partial charge in [-0.2, -0.15) is 13.2 Å². The highest BCUT2D eigenvalue weighted by molar-refractivity contribution is 5.42. The van der Waals surface area contributed by atoms with Gasteiger partial charge in [-0.05, 0) is 23.8 Å². The van der Waals surface area contributed by atoms with Gasteiger partial charge >= 0.3 is 6.18 Å². The van der Waals surface area contributed by atoms with E-state index in [0.29, 0.717) is 11.3 Å². The molecule has 0 aliphatic heterocycles. The maximum absolute atomic E-state index is 13.3. The third-order valence-electron chi connectivity index (χ3n) is 3.13. The van der Waals surface area contributed by atoms with Gasteiger partial charge in [0.05, 0.1) is 18.7 Å². The summed E-state index contributed by atoms with van der Waals surface area (Å²) in [5.74, 6) is -0.860. The van der Waals surface area contributed by atoms with Crippen molar-refractivity contribution in [1.29, 1.82) is 0 Å². The first-order valence-electron chi connectivity index (χ1n) is 6.09. The van der Waals surface area contributed by atoms with E-state index in [-0.39, 0.29) is 5.56 Å². The monoisotopic (exact) mass is 299 g/mol. The summed E-state index contributed by atoms with van der Waals surface area (Å²) in [5, 5.41) is 0. The summed E-state index contributed by atoms with van der Waals surface area (Å²) in [7, 11) is 1.44. The fourth-order valence-corrected chi connectivity index (χ4v) is 2.06. The Kier molecular flexibility index (Phi) is 4.18. The predicted octanol–water partition coefficient (Wildman–Crippen LogP) is 3.90. The molecule has 6 heteroatoms. The van der Waals surface area contributed by atoms with Crippen LogP contribution < -0.4 is 10.5 Å². The van der Waals surface area contributed by atoms with Crippen molar-refractivity contribution in [1.82, 2.24) is 0 Å². The summed E-state index contributed by atoms with van der Waals surface area (Å²) in [5.41, 5.74) is 5.34. The van der Waals surface area contributed by atoms with Crippen LogP contribution in [-0.2, 0) is 6.18 Å². The molecule has 0 aliphatic rings. The molecular weight excluding hydrogens is 286 g/mol. The van der Waals surface area contributed by atoms with Gasteiger partial charge in [0.2, 0.25) is 0 Å². The lowest BCUT2D eigenvalue weighted by molar-refractivity contribution is -0.140. The van der Waals surface area contributed by atoms with E-state index >= 15 is 0 Å². The molecule has 2 aromatic carbocycles. The van der Waals surface area contributed by atoms with Crippen LogP contribution in [0, 0.1) is 5.82 Å². The molecule has 0 amide bonds. The molecule has 0 aromatic heterocycles. The number of methoxy groups -OCH3 is 1. The lowest BCUT2D eigenvalue weighted by Crippen LogP contribution is -2.15. The fraction of sp³-hybridized carbons (Fsp3) is 0.200. The summed E-state index contributed by atoms with van der Waals surface area (Å²) in [6.07, 6.45) is -4.76. The van der Waals surface area contributed by atoms with Crippen LogP contribution in [0.4, 0.5) is 17.6 Å². The van der Waals surface area contributed by atoms with E-state index in [1.54, 1.807) is 24.3 Å². The van der Waals surface area contributed by atoms with Gasteiger partial charge in [-0.1, -0.05) is 24.3 Å². The van der Waals surface area contributed by atoms with Crippen LogP contribution in [0.5, 0.6) is 5.75 Å². The van der Waals surface area contributed by atoms with Crippen LogP contribution >= 0.6 is 0 Å². The van der Waals surface area contributed by atoms with Crippen molar-refractivity contribution in [2.45, 2.75) is 12.2 Å². The zero-order chi connectivity index (χ0) is 15.6. The molecule has 0 heterocycles. The highest BCUT2D eigenvalue weighted by Gasteiger charge is 2.34. The normalized spacial score (nSPS) is 13.0. The Labute approximate surface area is 119 Å². The van der Waals surface area contributed by atoms with E-state index in [9.17, 15) is 17.6 Å². The molecule has 0 aliphatic carbocycles. The molecule has 0 bridgehead atoms. The second kappa shape index (κ2) is 5.73. The van der Waals surface area contributed by atoms with Crippen LogP contribution in [0.2, 0.25) is 0 Å². The SMILES string of the molecule is COc1ccccc1C(N)c1ccc(F)c(C(F)(F)F)c1. The smallest absolute Gasteiger partial charge is 0.419 e. The molecule has 0 fully saturated rings. The lowest BCUT2D eigenvalue weighted by Gasteiger charge is -2.17. The summed E-state index contributed by atoms with van der Waals surface area (Å²) in [4.78, 5) is 0. The number of alkyl halides is 3. The molecule has 21 heavy (non-hydrogen) atoms. The van der Waals surface area contributed by atoms with Crippen molar-refractivity contribution in [2.24, 2.45) is 5.73 Å². The quantitative estimate of drug-likeness (QED) is 0.872. The van der Waals surface area contributed by atoms with Gasteiger partial charge in [0.1, 0.15) is 11.6 Å². The molecule has 0 spiro atoms. The second-order valence-corrected chi connectivity index (χ2v) is 4.46. The summed E-state index contributed by atoms with van der Waals surface area (Å²) in [6.45, 7) is 0. The Morgan fingerprint density at radius 1 is 1.10 bits per heavy atom. The second-order valence-electron chi connectivity index (χ2n) is 4.46. The Bertz CT molecular complexity index is 640. The number of rotatable bonds is 3. The van der Waals surface area contributed by atoms with Crippen LogP contribution in [0.25, 0.3) is 0 Å². The van der Waals surface area contributed by atoms with Gasteiger partial charge in [-0.15, -0.1) is 0 Å². The van der Waals surface area contributed by atoms with Gasteiger partial charge in [0.25, 0.3) is 0 Å². The average molecular weight is 299 g/mol. The molecule has 0 saturated heterocycles. The first-order chi connectivity index (χ1) is 9.84. The van der Waals surface area contributed by atoms with Crippen molar-refractivity contribution in [3.63, 3.8) is 0 Å². The average Bonchev–Trinajstić information content (AvgIpc) is 2.45.